The molecular weight excluding hydrogens is 358 g/mol. The highest BCUT2D eigenvalue weighted by Crippen LogP contribution is 2.23. The highest BCUT2D eigenvalue weighted by Gasteiger charge is 2.28. The summed E-state index contributed by atoms with van der Waals surface area (Å²) in [5.41, 5.74) is 1.65. The van der Waals surface area contributed by atoms with E-state index in [1.54, 1.807) is 11.0 Å². The van der Waals surface area contributed by atoms with Crippen molar-refractivity contribution in [3.8, 4) is 0 Å². The van der Waals surface area contributed by atoms with Crippen molar-refractivity contribution < 1.29 is 9.59 Å². The second kappa shape index (κ2) is 7.89. The maximum atomic E-state index is 12.5. The quantitative estimate of drug-likeness (QED) is 0.821. The molecule has 1 aliphatic rings. The average Bonchev–Trinajstić information content (AvgIpc) is 3.11. The van der Waals surface area contributed by atoms with E-state index in [0.717, 1.165) is 23.4 Å². The summed E-state index contributed by atoms with van der Waals surface area (Å²) < 4.78 is 0. The van der Waals surface area contributed by atoms with Gasteiger partial charge in [-0.25, -0.2) is 4.79 Å². The predicted octanol–water partition coefficient (Wildman–Crippen LogP) is 4.59. The number of hydrogen-bond donors (Lipinski definition) is 2. The van der Waals surface area contributed by atoms with Crippen molar-refractivity contribution in [2.24, 2.45) is 5.92 Å². The van der Waals surface area contributed by atoms with Crippen LogP contribution in [-0.2, 0) is 4.79 Å². The molecule has 0 aliphatic carbocycles. The molecule has 1 unspecified atom stereocenters. The molecule has 2 N–H and O–H groups in total. The molecule has 3 rings (SSSR count). The number of amides is 3. The molecule has 5 nitrogen and oxygen atoms in total. The van der Waals surface area contributed by atoms with E-state index in [1.807, 2.05) is 36.6 Å². The van der Waals surface area contributed by atoms with Crippen LogP contribution in [0, 0.1) is 12.8 Å². The van der Waals surface area contributed by atoms with Gasteiger partial charge in [-0.05, 0) is 55.0 Å². The molecule has 3 amide bonds. The zero-order chi connectivity index (χ0) is 17.8. The van der Waals surface area contributed by atoms with Gasteiger partial charge in [-0.1, -0.05) is 17.7 Å². The van der Waals surface area contributed by atoms with Gasteiger partial charge in [-0.2, -0.15) is 0 Å². The van der Waals surface area contributed by atoms with E-state index < -0.39 is 0 Å². The van der Waals surface area contributed by atoms with Gasteiger partial charge in [0.15, 0.2) is 0 Å². The standard InChI is InChI=1S/C18H20ClN3O2S/c1-12-6-7-14(10-15(12)19)20-17(23)13-4-2-8-22(11-13)18(24)21-16-5-3-9-25-16/h3,5-7,9-10,13H,2,4,8,11H2,1H3,(H,20,23)(H,21,24). The molecular formula is C18H20ClN3O2S. The third-order valence-corrected chi connectivity index (χ3v) is 5.46. The van der Waals surface area contributed by atoms with Crippen molar-refractivity contribution in [3.63, 3.8) is 0 Å². The summed E-state index contributed by atoms with van der Waals surface area (Å²) in [7, 11) is 0. The Morgan fingerprint density at radius 3 is 2.84 bits per heavy atom. The van der Waals surface area contributed by atoms with Crippen LogP contribution in [0.5, 0.6) is 0 Å². The first kappa shape index (κ1) is 17.8. The number of halogens is 1. The van der Waals surface area contributed by atoms with E-state index in [9.17, 15) is 9.59 Å². The fourth-order valence-electron chi connectivity index (χ4n) is 2.82. The van der Waals surface area contributed by atoms with E-state index in [-0.39, 0.29) is 17.9 Å². The molecule has 25 heavy (non-hydrogen) atoms. The molecule has 1 fully saturated rings. The number of anilines is 2. The van der Waals surface area contributed by atoms with Crippen molar-refractivity contribution in [2.45, 2.75) is 19.8 Å². The molecule has 0 spiro atoms. The first-order valence-corrected chi connectivity index (χ1v) is 9.45. The summed E-state index contributed by atoms with van der Waals surface area (Å²) in [6.07, 6.45) is 1.58. The van der Waals surface area contributed by atoms with Gasteiger partial charge in [-0.15, -0.1) is 11.3 Å². The molecule has 2 heterocycles. The van der Waals surface area contributed by atoms with Crippen LogP contribution in [0.2, 0.25) is 5.02 Å². The Hall–Kier alpha value is -2.05. The topological polar surface area (TPSA) is 61.4 Å². The van der Waals surface area contributed by atoms with Gasteiger partial charge >= 0.3 is 6.03 Å². The molecule has 2 aromatic rings. The number of likely N-dealkylation sites (tertiary alicyclic amines) is 1. The molecule has 1 saturated heterocycles. The summed E-state index contributed by atoms with van der Waals surface area (Å²) in [6, 6.07) is 9.05. The minimum Gasteiger partial charge on any atom is -0.326 e. The number of thiophene rings is 1. The Bertz CT molecular complexity index is 764. The normalized spacial score (nSPS) is 17.2. The fraction of sp³-hybridized carbons (Fsp3) is 0.333. The number of nitrogens with zero attached hydrogens (tertiary/aromatic N) is 1. The second-order valence-electron chi connectivity index (χ2n) is 6.15. The molecule has 0 radical (unpaired) electrons. The van der Waals surface area contributed by atoms with Crippen molar-refractivity contribution >= 4 is 45.6 Å². The molecule has 0 saturated carbocycles. The number of nitrogens with one attached hydrogen (secondary N) is 2. The van der Waals surface area contributed by atoms with Crippen LogP contribution in [0.15, 0.2) is 35.7 Å². The Labute approximate surface area is 156 Å². The van der Waals surface area contributed by atoms with Gasteiger partial charge in [0.25, 0.3) is 0 Å². The molecule has 0 bridgehead atoms. The largest absolute Gasteiger partial charge is 0.326 e. The van der Waals surface area contributed by atoms with Gasteiger partial charge in [0.05, 0.1) is 10.9 Å². The zero-order valence-electron chi connectivity index (χ0n) is 13.9. The van der Waals surface area contributed by atoms with Crippen molar-refractivity contribution in [2.75, 3.05) is 23.7 Å². The summed E-state index contributed by atoms with van der Waals surface area (Å²) in [5, 5.41) is 9.12. The van der Waals surface area contributed by atoms with E-state index >= 15 is 0 Å². The summed E-state index contributed by atoms with van der Waals surface area (Å²) >= 11 is 7.58. The summed E-state index contributed by atoms with van der Waals surface area (Å²) in [6.45, 7) is 3.00. The van der Waals surface area contributed by atoms with Crippen LogP contribution >= 0.6 is 22.9 Å². The Morgan fingerprint density at radius 2 is 2.12 bits per heavy atom. The fourth-order valence-corrected chi connectivity index (χ4v) is 3.61. The molecule has 1 atom stereocenters. The maximum absolute atomic E-state index is 12.5. The zero-order valence-corrected chi connectivity index (χ0v) is 15.5. The van der Waals surface area contributed by atoms with Gasteiger partial charge in [0.1, 0.15) is 0 Å². The lowest BCUT2D eigenvalue weighted by Crippen LogP contribution is -2.45. The molecule has 7 heteroatoms. The monoisotopic (exact) mass is 377 g/mol. The highest BCUT2D eigenvalue weighted by atomic mass is 35.5. The van der Waals surface area contributed by atoms with Crippen LogP contribution in [0.4, 0.5) is 15.5 Å². The lowest BCUT2D eigenvalue weighted by Gasteiger charge is -2.31. The number of hydrogen-bond acceptors (Lipinski definition) is 3. The Morgan fingerprint density at radius 1 is 1.28 bits per heavy atom. The number of carbonyl (C=O) groups is 2. The van der Waals surface area contributed by atoms with Crippen molar-refractivity contribution in [1.82, 2.24) is 4.90 Å². The number of piperidine rings is 1. The molecule has 1 aromatic carbocycles. The minimum absolute atomic E-state index is 0.0754. The Kier molecular flexibility index (Phi) is 5.60. The third-order valence-electron chi connectivity index (χ3n) is 4.27. The lowest BCUT2D eigenvalue weighted by molar-refractivity contribution is -0.121. The minimum atomic E-state index is -0.220. The first-order valence-electron chi connectivity index (χ1n) is 8.19. The highest BCUT2D eigenvalue weighted by molar-refractivity contribution is 7.14. The van der Waals surface area contributed by atoms with E-state index in [1.165, 1.54) is 11.3 Å². The number of aryl methyl sites for hydroxylation is 1. The van der Waals surface area contributed by atoms with E-state index in [2.05, 4.69) is 10.6 Å². The van der Waals surface area contributed by atoms with Gasteiger partial charge in [0.2, 0.25) is 5.91 Å². The first-order chi connectivity index (χ1) is 12.0. The third kappa shape index (κ3) is 4.52. The van der Waals surface area contributed by atoms with E-state index in [4.69, 9.17) is 11.6 Å². The second-order valence-corrected chi connectivity index (χ2v) is 7.50. The van der Waals surface area contributed by atoms with Crippen molar-refractivity contribution in [3.05, 3.63) is 46.3 Å². The number of benzene rings is 1. The maximum Gasteiger partial charge on any atom is 0.322 e. The number of urea groups is 1. The lowest BCUT2D eigenvalue weighted by atomic mass is 9.97. The summed E-state index contributed by atoms with van der Waals surface area (Å²) in [5.74, 6) is -0.295. The SMILES string of the molecule is Cc1ccc(NC(=O)C2CCCN(C(=O)Nc3cccs3)C2)cc1Cl. The summed E-state index contributed by atoms with van der Waals surface area (Å²) in [4.78, 5) is 26.6. The number of carbonyl (C=O) groups excluding carboxylic acids is 2. The van der Waals surface area contributed by atoms with E-state index in [0.29, 0.717) is 23.8 Å². The van der Waals surface area contributed by atoms with Crippen LogP contribution < -0.4 is 10.6 Å². The molecule has 1 aromatic heterocycles. The average molecular weight is 378 g/mol. The Balaban J connectivity index is 1.59. The van der Waals surface area contributed by atoms with Crippen LogP contribution in [0.3, 0.4) is 0 Å². The van der Waals surface area contributed by atoms with Gasteiger partial charge in [0, 0.05) is 23.8 Å². The number of rotatable bonds is 3. The van der Waals surface area contributed by atoms with Crippen molar-refractivity contribution in [1.29, 1.82) is 0 Å². The predicted molar refractivity (Wildman–Crippen MR) is 102 cm³/mol. The van der Waals surface area contributed by atoms with Gasteiger partial charge < -0.3 is 10.2 Å². The van der Waals surface area contributed by atoms with Crippen LogP contribution in [0.1, 0.15) is 18.4 Å². The van der Waals surface area contributed by atoms with Gasteiger partial charge in [-0.3, -0.25) is 10.1 Å². The van der Waals surface area contributed by atoms with Crippen LogP contribution in [0.25, 0.3) is 0 Å². The molecule has 1 aliphatic heterocycles. The van der Waals surface area contributed by atoms with Crippen LogP contribution in [-0.4, -0.2) is 29.9 Å². The molecule has 132 valence electrons. The smallest absolute Gasteiger partial charge is 0.322 e.